The molecular formula is C7H8N4OS. The molecule has 6 heteroatoms. The minimum Gasteiger partial charge on any atom is -0.356 e. The zero-order valence-corrected chi connectivity index (χ0v) is 7.81. The average molecular weight is 196 g/mol. The van der Waals surface area contributed by atoms with Crippen molar-refractivity contribution in [3.05, 3.63) is 10.7 Å². The number of anilines is 1. The van der Waals surface area contributed by atoms with E-state index in [1.54, 1.807) is 13.3 Å². The van der Waals surface area contributed by atoms with Gasteiger partial charge in [-0.3, -0.25) is 9.79 Å². The van der Waals surface area contributed by atoms with Gasteiger partial charge in [-0.25, -0.2) is 4.98 Å². The fraction of sp³-hybridized carbons (Fsp3) is 0.286. The first-order chi connectivity index (χ1) is 6.31. The molecular weight excluding hydrogens is 188 g/mol. The van der Waals surface area contributed by atoms with Gasteiger partial charge in [0.05, 0.1) is 6.21 Å². The van der Waals surface area contributed by atoms with Gasteiger partial charge in [-0.15, -0.1) is 0 Å². The summed E-state index contributed by atoms with van der Waals surface area (Å²) in [6, 6.07) is 0. The lowest BCUT2D eigenvalue weighted by Crippen LogP contribution is -2.17. The van der Waals surface area contributed by atoms with Gasteiger partial charge in [0.15, 0.2) is 5.01 Å². The molecule has 0 aliphatic carbocycles. The second-order valence-electron chi connectivity index (χ2n) is 2.46. The van der Waals surface area contributed by atoms with Crippen LogP contribution < -0.4 is 10.6 Å². The molecule has 2 N–H and O–H groups in total. The number of carbonyl (C=O) groups is 1. The zero-order chi connectivity index (χ0) is 9.26. The molecule has 68 valence electrons. The van der Waals surface area contributed by atoms with Crippen LogP contribution in [0, 0.1) is 0 Å². The first-order valence-corrected chi connectivity index (χ1v) is 4.59. The van der Waals surface area contributed by atoms with Gasteiger partial charge in [0.25, 0.3) is 5.91 Å². The highest BCUT2D eigenvalue weighted by atomic mass is 32.1. The lowest BCUT2D eigenvalue weighted by atomic mass is 10.4. The third kappa shape index (κ3) is 1.40. The fourth-order valence-electron chi connectivity index (χ4n) is 1.000. The molecule has 0 fully saturated rings. The number of rotatable bonds is 1. The van der Waals surface area contributed by atoms with Gasteiger partial charge in [-0.1, -0.05) is 11.3 Å². The van der Waals surface area contributed by atoms with E-state index in [-0.39, 0.29) is 5.91 Å². The highest BCUT2D eigenvalue weighted by molar-refractivity contribution is 7.17. The summed E-state index contributed by atoms with van der Waals surface area (Å²) < 4.78 is 0. The van der Waals surface area contributed by atoms with E-state index in [4.69, 9.17) is 0 Å². The molecule has 2 heterocycles. The predicted octanol–water partition coefficient (Wildman–Crippen LogP) is 0.305. The maximum absolute atomic E-state index is 11.2. The summed E-state index contributed by atoms with van der Waals surface area (Å²) in [7, 11) is 1.59. The third-order valence-electron chi connectivity index (χ3n) is 1.62. The second kappa shape index (κ2) is 3.14. The molecule has 2 rings (SSSR count). The molecule has 1 amide bonds. The molecule has 0 saturated carbocycles. The molecule has 13 heavy (non-hydrogen) atoms. The Morgan fingerprint density at radius 2 is 2.62 bits per heavy atom. The molecule has 0 saturated heterocycles. The topological polar surface area (TPSA) is 66.4 Å². The molecule has 0 aromatic carbocycles. The number of fused-ring (bicyclic) bond motifs is 1. The molecule has 0 atom stereocenters. The van der Waals surface area contributed by atoms with E-state index >= 15 is 0 Å². The van der Waals surface area contributed by atoms with E-state index < -0.39 is 0 Å². The highest BCUT2D eigenvalue weighted by Crippen LogP contribution is 2.24. The van der Waals surface area contributed by atoms with E-state index in [1.807, 2.05) is 0 Å². The minimum absolute atomic E-state index is 0.158. The van der Waals surface area contributed by atoms with Crippen molar-refractivity contribution in [1.82, 2.24) is 10.3 Å². The number of nitrogens with one attached hydrogen (secondary N) is 2. The van der Waals surface area contributed by atoms with Gasteiger partial charge in [-0.2, -0.15) is 0 Å². The number of hydrogen-bond acceptors (Lipinski definition) is 5. The number of aromatic nitrogens is 1. The standard InChI is InChI=1S/C7H8N4OS/c1-8-5(12)7-11-4-2-9-3-10-6(4)13-7/h2,10H,3H2,1H3,(H,8,12). The maximum atomic E-state index is 11.2. The second-order valence-corrected chi connectivity index (χ2v) is 3.46. The normalized spacial score (nSPS) is 13.3. The Balaban J connectivity index is 2.36. The van der Waals surface area contributed by atoms with Gasteiger partial charge in [0.1, 0.15) is 17.4 Å². The predicted molar refractivity (Wildman–Crippen MR) is 51.6 cm³/mol. The van der Waals surface area contributed by atoms with Crippen molar-refractivity contribution < 1.29 is 4.79 Å². The molecule has 5 nitrogen and oxygen atoms in total. The molecule has 0 bridgehead atoms. The zero-order valence-electron chi connectivity index (χ0n) is 7.00. The summed E-state index contributed by atoms with van der Waals surface area (Å²) in [5, 5.41) is 6.94. The van der Waals surface area contributed by atoms with Crippen LogP contribution in [-0.2, 0) is 0 Å². The summed E-state index contributed by atoms with van der Waals surface area (Å²) in [5.74, 6) is -0.158. The Hall–Kier alpha value is -1.43. The van der Waals surface area contributed by atoms with Gasteiger partial charge < -0.3 is 10.6 Å². The number of amides is 1. The van der Waals surface area contributed by atoms with Crippen molar-refractivity contribution in [2.45, 2.75) is 0 Å². The summed E-state index contributed by atoms with van der Waals surface area (Å²) in [6.45, 7) is 0.558. The number of aliphatic imine (C=N–C) groups is 1. The Bertz CT molecular complexity index is 371. The summed E-state index contributed by atoms with van der Waals surface area (Å²) >= 11 is 1.34. The smallest absolute Gasteiger partial charge is 0.280 e. The quantitative estimate of drug-likeness (QED) is 0.679. The molecule has 1 aromatic heterocycles. The van der Waals surface area contributed by atoms with E-state index in [9.17, 15) is 4.79 Å². The van der Waals surface area contributed by atoms with Crippen molar-refractivity contribution in [2.75, 3.05) is 19.0 Å². The number of carbonyl (C=O) groups excluding carboxylic acids is 1. The molecule has 1 aliphatic heterocycles. The van der Waals surface area contributed by atoms with Crippen molar-refractivity contribution in [3.8, 4) is 0 Å². The number of thiazole rings is 1. The van der Waals surface area contributed by atoms with Crippen LogP contribution >= 0.6 is 11.3 Å². The van der Waals surface area contributed by atoms with Crippen molar-refractivity contribution in [3.63, 3.8) is 0 Å². The van der Waals surface area contributed by atoms with Crippen LogP contribution in [-0.4, -0.2) is 30.8 Å². The lowest BCUT2D eigenvalue weighted by Gasteiger charge is -2.03. The minimum atomic E-state index is -0.158. The SMILES string of the molecule is CNC(=O)c1nc2c(s1)NCN=C2. The maximum Gasteiger partial charge on any atom is 0.280 e. The summed E-state index contributed by atoms with van der Waals surface area (Å²) in [4.78, 5) is 19.3. The molecule has 1 aromatic rings. The Labute approximate surface area is 78.9 Å². The van der Waals surface area contributed by atoms with Crippen molar-refractivity contribution >= 4 is 28.5 Å². The molecule has 0 spiro atoms. The Morgan fingerprint density at radius 3 is 3.31 bits per heavy atom. The summed E-state index contributed by atoms with van der Waals surface area (Å²) in [6.07, 6.45) is 1.68. The largest absolute Gasteiger partial charge is 0.356 e. The van der Waals surface area contributed by atoms with E-state index in [1.165, 1.54) is 11.3 Å². The van der Waals surface area contributed by atoms with Crippen molar-refractivity contribution in [1.29, 1.82) is 0 Å². The van der Waals surface area contributed by atoms with E-state index in [0.29, 0.717) is 11.7 Å². The van der Waals surface area contributed by atoms with Crippen LogP contribution in [0.5, 0.6) is 0 Å². The first-order valence-electron chi connectivity index (χ1n) is 3.78. The van der Waals surface area contributed by atoms with Gasteiger partial charge in [-0.05, 0) is 0 Å². The number of hydrogen-bond donors (Lipinski definition) is 2. The van der Waals surface area contributed by atoms with Crippen LogP contribution in [0.2, 0.25) is 0 Å². The fourth-order valence-corrected chi connectivity index (χ4v) is 1.87. The van der Waals surface area contributed by atoms with Gasteiger partial charge in [0, 0.05) is 7.05 Å². The monoisotopic (exact) mass is 196 g/mol. The Morgan fingerprint density at radius 1 is 1.77 bits per heavy atom. The van der Waals surface area contributed by atoms with E-state index in [2.05, 4.69) is 20.6 Å². The van der Waals surface area contributed by atoms with Crippen LogP contribution in [0.25, 0.3) is 0 Å². The Kier molecular flexibility index (Phi) is 1.97. The molecule has 0 radical (unpaired) electrons. The lowest BCUT2D eigenvalue weighted by molar-refractivity contribution is 0.0962. The third-order valence-corrected chi connectivity index (χ3v) is 2.65. The van der Waals surface area contributed by atoms with Gasteiger partial charge >= 0.3 is 0 Å². The molecule has 1 aliphatic rings. The summed E-state index contributed by atoms with van der Waals surface area (Å²) in [5.41, 5.74) is 0.745. The van der Waals surface area contributed by atoms with Crippen LogP contribution in [0.4, 0.5) is 5.00 Å². The van der Waals surface area contributed by atoms with Crippen LogP contribution in [0.3, 0.4) is 0 Å². The highest BCUT2D eigenvalue weighted by Gasteiger charge is 2.15. The molecule has 0 unspecified atom stereocenters. The van der Waals surface area contributed by atoms with Crippen LogP contribution in [0.1, 0.15) is 15.5 Å². The van der Waals surface area contributed by atoms with Crippen LogP contribution in [0.15, 0.2) is 4.99 Å². The van der Waals surface area contributed by atoms with Gasteiger partial charge in [0.2, 0.25) is 0 Å². The van der Waals surface area contributed by atoms with E-state index in [0.717, 1.165) is 10.7 Å². The first kappa shape index (κ1) is 8.18. The number of nitrogens with zero attached hydrogens (tertiary/aromatic N) is 2. The average Bonchev–Trinajstić information content (AvgIpc) is 2.59. The van der Waals surface area contributed by atoms with Crippen molar-refractivity contribution in [2.24, 2.45) is 4.99 Å².